The van der Waals surface area contributed by atoms with Gasteiger partial charge in [-0.15, -0.1) is 0 Å². The summed E-state index contributed by atoms with van der Waals surface area (Å²) in [5, 5.41) is 8.02. The summed E-state index contributed by atoms with van der Waals surface area (Å²) in [7, 11) is 0. The fraction of sp³-hybridized carbons (Fsp3) is 0.667. The van der Waals surface area contributed by atoms with E-state index in [1.165, 1.54) is 24.1 Å². The van der Waals surface area contributed by atoms with E-state index in [1.54, 1.807) is 0 Å². The van der Waals surface area contributed by atoms with E-state index in [-0.39, 0.29) is 0 Å². The Labute approximate surface area is 96.3 Å². The van der Waals surface area contributed by atoms with Gasteiger partial charge in [0.05, 0.1) is 0 Å². The van der Waals surface area contributed by atoms with Crippen LogP contribution in [0, 0.1) is 6.92 Å². The van der Waals surface area contributed by atoms with Crippen molar-refractivity contribution in [2.24, 2.45) is 0 Å². The van der Waals surface area contributed by atoms with Crippen molar-refractivity contribution < 1.29 is 0 Å². The van der Waals surface area contributed by atoms with Crippen molar-refractivity contribution in [2.75, 3.05) is 19.6 Å². The van der Waals surface area contributed by atoms with Crippen molar-refractivity contribution >= 4 is 11.3 Å². The Morgan fingerprint density at radius 2 is 2.40 bits per heavy atom. The van der Waals surface area contributed by atoms with E-state index in [4.69, 9.17) is 0 Å². The van der Waals surface area contributed by atoms with E-state index < -0.39 is 0 Å². The van der Waals surface area contributed by atoms with Gasteiger partial charge in [0.15, 0.2) is 0 Å². The van der Waals surface area contributed by atoms with Gasteiger partial charge >= 0.3 is 0 Å². The Bertz CT molecular complexity index is 308. The number of hydrogen-bond donors (Lipinski definition) is 1. The van der Waals surface area contributed by atoms with E-state index in [1.807, 2.05) is 11.3 Å². The zero-order chi connectivity index (χ0) is 10.7. The molecule has 0 amide bonds. The molecule has 2 heterocycles. The summed E-state index contributed by atoms with van der Waals surface area (Å²) in [4.78, 5) is 2.62. The van der Waals surface area contributed by atoms with Gasteiger partial charge in [-0.1, -0.05) is 6.92 Å². The van der Waals surface area contributed by atoms with Gasteiger partial charge in [-0.2, -0.15) is 11.3 Å². The first-order chi connectivity index (χ1) is 7.31. The molecule has 2 nitrogen and oxygen atoms in total. The number of nitrogens with zero attached hydrogens (tertiary/aromatic N) is 1. The van der Waals surface area contributed by atoms with Gasteiger partial charge in [-0.25, -0.2) is 0 Å². The fourth-order valence-electron chi connectivity index (χ4n) is 2.18. The second-order valence-electron chi connectivity index (χ2n) is 4.32. The van der Waals surface area contributed by atoms with Gasteiger partial charge < -0.3 is 5.32 Å². The van der Waals surface area contributed by atoms with Gasteiger partial charge in [-0.05, 0) is 35.2 Å². The quantitative estimate of drug-likeness (QED) is 0.847. The zero-order valence-electron chi connectivity index (χ0n) is 9.62. The third kappa shape index (κ3) is 2.60. The molecule has 1 unspecified atom stereocenters. The third-order valence-corrected chi connectivity index (χ3v) is 4.19. The molecule has 0 bridgehead atoms. The van der Waals surface area contributed by atoms with Gasteiger partial charge in [0.1, 0.15) is 0 Å². The van der Waals surface area contributed by atoms with Crippen molar-refractivity contribution in [2.45, 2.75) is 32.9 Å². The molecule has 1 saturated heterocycles. The maximum absolute atomic E-state index is 3.47. The molecule has 0 spiro atoms. The first-order valence-corrected chi connectivity index (χ1v) is 6.72. The molecule has 0 aromatic carbocycles. The minimum absolute atomic E-state index is 0.720. The molecule has 0 radical (unpaired) electrons. The molecular weight excluding hydrogens is 204 g/mol. The van der Waals surface area contributed by atoms with Gasteiger partial charge in [0.2, 0.25) is 0 Å². The van der Waals surface area contributed by atoms with Crippen LogP contribution >= 0.6 is 11.3 Å². The van der Waals surface area contributed by atoms with Crippen LogP contribution in [0.2, 0.25) is 0 Å². The molecule has 1 aromatic heterocycles. The highest BCUT2D eigenvalue weighted by molar-refractivity contribution is 7.08. The minimum Gasteiger partial charge on any atom is -0.314 e. The summed E-state index contributed by atoms with van der Waals surface area (Å²) in [6, 6.07) is 0.720. The van der Waals surface area contributed by atoms with Crippen LogP contribution < -0.4 is 5.32 Å². The van der Waals surface area contributed by atoms with Gasteiger partial charge in [0, 0.05) is 32.2 Å². The summed E-state index contributed by atoms with van der Waals surface area (Å²) in [6.45, 7) is 9.11. The van der Waals surface area contributed by atoms with E-state index in [2.05, 4.69) is 34.8 Å². The van der Waals surface area contributed by atoms with Crippen LogP contribution in [0.5, 0.6) is 0 Å². The van der Waals surface area contributed by atoms with Crippen molar-refractivity contribution in [3.63, 3.8) is 0 Å². The summed E-state index contributed by atoms with van der Waals surface area (Å²) in [5.74, 6) is 0. The summed E-state index contributed by atoms with van der Waals surface area (Å²) in [5.41, 5.74) is 2.97. The van der Waals surface area contributed by atoms with Crippen LogP contribution in [0.3, 0.4) is 0 Å². The molecule has 1 fully saturated rings. The molecular formula is C12H20N2S. The van der Waals surface area contributed by atoms with Crippen molar-refractivity contribution in [3.8, 4) is 0 Å². The Balaban J connectivity index is 2.00. The van der Waals surface area contributed by atoms with Gasteiger partial charge in [0.25, 0.3) is 0 Å². The predicted molar refractivity (Wildman–Crippen MR) is 66.4 cm³/mol. The monoisotopic (exact) mass is 224 g/mol. The average molecular weight is 224 g/mol. The van der Waals surface area contributed by atoms with Crippen LogP contribution in [0.4, 0.5) is 0 Å². The first-order valence-electron chi connectivity index (χ1n) is 5.77. The van der Waals surface area contributed by atoms with Crippen LogP contribution in [0.25, 0.3) is 0 Å². The lowest BCUT2D eigenvalue weighted by Crippen LogP contribution is -2.50. The highest BCUT2D eigenvalue weighted by Gasteiger charge is 2.20. The summed E-state index contributed by atoms with van der Waals surface area (Å²) in [6.07, 6.45) is 1.25. The first kappa shape index (κ1) is 11.1. The molecule has 1 N–H and O–H groups in total. The molecule has 1 atom stereocenters. The lowest BCUT2D eigenvalue weighted by molar-refractivity contribution is 0.149. The number of hydrogen-bond acceptors (Lipinski definition) is 3. The van der Waals surface area contributed by atoms with Crippen molar-refractivity contribution in [3.05, 3.63) is 21.9 Å². The second-order valence-corrected chi connectivity index (χ2v) is 5.06. The molecule has 2 rings (SSSR count). The van der Waals surface area contributed by atoms with E-state index in [9.17, 15) is 0 Å². The minimum atomic E-state index is 0.720. The standard InChI is InChI=1S/C12H20N2S/c1-3-12-6-13-4-5-14(12)7-11-9-15-8-10(11)2/h8-9,12-13H,3-7H2,1-2H3. The molecule has 1 aliphatic rings. The Hall–Kier alpha value is -0.380. The summed E-state index contributed by atoms with van der Waals surface area (Å²) >= 11 is 1.82. The summed E-state index contributed by atoms with van der Waals surface area (Å²) < 4.78 is 0. The van der Waals surface area contributed by atoms with Crippen LogP contribution in [0.1, 0.15) is 24.5 Å². The van der Waals surface area contributed by atoms with Crippen LogP contribution in [0.15, 0.2) is 10.8 Å². The van der Waals surface area contributed by atoms with Crippen molar-refractivity contribution in [1.29, 1.82) is 0 Å². The van der Waals surface area contributed by atoms with E-state index in [0.717, 1.165) is 25.7 Å². The molecule has 15 heavy (non-hydrogen) atoms. The average Bonchev–Trinajstić information content (AvgIpc) is 2.65. The lowest BCUT2D eigenvalue weighted by atomic mass is 10.1. The number of rotatable bonds is 3. The van der Waals surface area contributed by atoms with E-state index in [0.29, 0.717) is 0 Å². The lowest BCUT2D eigenvalue weighted by Gasteiger charge is -2.35. The molecule has 3 heteroatoms. The number of aryl methyl sites for hydroxylation is 1. The topological polar surface area (TPSA) is 15.3 Å². The van der Waals surface area contributed by atoms with Crippen LogP contribution in [-0.4, -0.2) is 30.6 Å². The number of thiophene rings is 1. The molecule has 0 saturated carbocycles. The highest BCUT2D eigenvalue weighted by atomic mass is 32.1. The number of piperazine rings is 1. The maximum atomic E-state index is 3.47. The predicted octanol–water partition coefficient (Wildman–Crippen LogP) is 2.24. The van der Waals surface area contributed by atoms with E-state index >= 15 is 0 Å². The fourth-order valence-corrected chi connectivity index (χ4v) is 3.03. The smallest absolute Gasteiger partial charge is 0.0248 e. The molecule has 1 aliphatic heterocycles. The molecule has 1 aromatic rings. The molecule has 84 valence electrons. The third-order valence-electron chi connectivity index (χ3n) is 3.28. The van der Waals surface area contributed by atoms with Crippen LogP contribution in [-0.2, 0) is 6.54 Å². The maximum Gasteiger partial charge on any atom is 0.0248 e. The zero-order valence-corrected chi connectivity index (χ0v) is 10.4. The largest absolute Gasteiger partial charge is 0.314 e. The second kappa shape index (κ2) is 5.10. The SMILES string of the molecule is CCC1CNCCN1Cc1cscc1C. The normalized spacial score (nSPS) is 23.2. The number of nitrogens with one attached hydrogen (secondary N) is 1. The Morgan fingerprint density at radius 3 is 3.07 bits per heavy atom. The highest BCUT2D eigenvalue weighted by Crippen LogP contribution is 2.18. The molecule has 0 aliphatic carbocycles. The van der Waals surface area contributed by atoms with Crippen molar-refractivity contribution in [1.82, 2.24) is 10.2 Å². The Kier molecular flexibility index (Phi) is 3.78. The Morgan fingerprint density at radius 1 is 1.53 bits per heavy atom. The van der Waals surface area contributed by atoms with Gasteiger partial charge in [-0.3, -0.25) is 4.90 Å².